The van der Waals surface area contributed by atoms with Crippen LogP contribution < -0.4 is 19.1 Å². The number of anilines is 1. The number of rotatable bonds is 7. The average Bonchev–Trinajstić information content (AvgIpc) is 2.82. The summed E-state index contributed by atoms with van der Waals surface area (Å²) in [5.41, 5.74) is 1.27. The van der Waals surface area contributed by atoms with Crippen molar-refractivity contribution in [2.75, 3.05) is 10.8 Å². The second kappa shape index (κ2) is 9.54. The molecule has 0 saturated heterocycles. The molecule has 3 aromatic carbocycles. The van der Waals surface area contributed by atoms with Gasteiger partial charge in [-0.2, -0.15) is 0 Å². The maximum atomic E-state index is 13.3. The Hall–Kier alpha value is -3.52. The molecule has 0 saturated carbocycles. The second-order valence-electron chi connectivity index (χ2n) is 7.96. The van der Waals surface area contributed by atoms with Crippen molar-refractivity contribution in [3.8, 4) is 11.5 Å². The molecular weight excluding hydrogens is 440 g/mol. The molecule has 1 heterocycles. The molecule has 1 atom stereocenters. The van der Waals surface area contributed by atoms with E-state index < -0.39 is 22.0 Å². The third kappa shape index (κ3) is 5.12. The number of fused-ring (bicyclic) bond motifs is 1. The molecule has 1 aliphatic rings. The molecule has 0 fully saturated rings. The molecule has 0 spiro atoms. The minimum atomic E-state index is -3.87. The summed E-state index contributed by atoms with van der Waals surface area (Å²) in [5, 5.41) is 2.85. The predicted octanol–water partition coefficient (Wildman–Crippen LogP) is 3.75. The first-order valence-electron chi connectivity index (χ1n) is 10.7. The molecule has 1 N–H and O–H groups in total. The smallest absolute Gasteiger partial charge is 0.264 e. The van der Waals surface area contributed by atoms with Crippen molar-refractivity contribution in [3.63, 3.8) is 0 Å². The minimum Gasteiger partial charge on any atom is -0.491 e. The topological polar surface area (TPSA) is 84.9 Å². The summed E-state index contributed by atoms with van der Waals surface area (Å²) in [5.74, 6) is 0.670. The largest absolute Gasteiger partial charge is 0.491 e. The van der Waals surface area contributed by atoms with Crippen LogP contribution in [0.3, 0.4) is 0 Å². The SMILES string of the molecule is CC(C)Oc1cccc(CNC(=O)C2CN(S(=O)(=O)c3ccccc3)c3ccccc3O2)c1. The standard InChI is InChI=1S/C25H26N2O5S/c1-18(2)31-20-10-8-9-19(15-20)16-26-25(28)24-17-27(22-13-6-7-14-23(22)32-24)33(29,30)21-11-4-3-5-12-21/h3-15,18,24H,16-17H2,1-2H3,(H,26,28). The summed E-state index contributed by atoms with van der Waals surface area (Å²) in [6.07, 6.45) is -0.948. The van der Waals surface area contributed by atoms with Gasteiger partial charge in [-0.05, 0) is 55.8 Å². The lowest BCUT2D eigenvalue weighted by molar-refractivity contribution is -0.127. The zero-order valence-electron chi connectivity index (χ0n) is 18.5. The van der Waals surface area contributed by atoms with Crippen molar-refractivity contribution >= 4 is 21.6 Å². The van der Waals surface area contributed by atoms with Crippen molar-refractivity contribution in [1.82, 2.24) is 5.32 Å². The van der Waals surface area contributed by atoms with E-state index in [0.29, 0.717) is 11.4 Å². The predicted molar refractivity (Wildman–Crippen MR) is 126 cm³/mol. The van der Waals surface area contributed by atoms with Crippen molar-refractivity contribution in [2.24, 2.45) is 0 Å². The lowest BCUT2D eigenvalue weighted by Crippen LogP contribution is -2.50. The minimum absolute atomic E-state index is 0.0445. The van der Waals surface area contributed by atoms with Crippen LogP contribution in [-0.2, 0) is 21.4 Å². The first-order valence-corrected chi connectivity index (χ1v) is 12.2. The molecule has 0 bridgehead atoms. The fourth-order valence-corrected chi connectivity index (χ4v) is 5.09. The number of carbonyl (C=O) groups excluding carboxylic acids is 1. The van der Waals surface area contributed by atoms with Crippen LogP contribution in [0.25, 0.3) is 0 Å². The second-order valence-corrected chi connectivity index (χ2v) is 9.82. The normalized spacial score (nSPS) is 15.5. The maximum absolute atomic E-state index is 13.3. The van der Waals surface area contributed by atoms with Gasteiger partial charge in [0.1, 0.15) is 11.5 Å². The van der Waals surface area contributed by atoms with Crippen LogP contribution in [0.4, 0.5) is 5.69 Å². The van der Waals surface area contributed by atoms with E-state index in [1.807, 2.05) is 38.1 Å². The Morgan fingerprint density at radius 3 is 2.55 bits per heavy atom. The Morgan fingerprint density at radius 2 is 1.79 bits per heavy atom. The fourth-order valence-electron chi connectivity index (χ4n) is 3.59. The summed E-state index contributed by atoms with van der Waals surface area (Å²) < 4.78 is 39.5. The van der Waals surface area contributed by atoms with E-state index in [4.69, 9.17) is 9.47 Å². The zero-order valence-corrected chi connectivity index (χ0v) is 19.3. The average molecular weight is 467 g/mol. The quantitative estimate of drug-likeness (QED) is 0.573. The Balaban J connectivity index is 1.53. The molecule has 0 aliphatic carbocycles. The van der Waals surface area contributed by atoms with E-state index in [9.17, 15) is 13.2 Å². The van der Waals surface area contributed by atoms with Crippen molar-refractivity contribution < 1.29 is 22.7 Å². The third-order valence-corrected chi connectivity index (χ3v) is 6.89. The van der Waals surface area contributed by atoms with Gasteiger partial charge in [-0.25, -0.2) is 8.42 Å². The number of carbonyl (C=O) groups is 1. The van der Waals surface area contributed by atoms with Crippen LogP contribution in [-0.4, -0.2) is 33.1 Å². The number of benzene rings is 3. The van der Waals surface area contributed by atoms with Gasteiger partial charge in [-0.3, -0.25) is 9.10 Å². The molecule has 3 aromatic rings. The van der Waals surface area contributed by atoms with Gasteiger partial charge in [0.05, 0.1) is 23.2 Å². The summed E-state index contributed by atoms with van der Waals surface area (Å²) in [4.78, 5) is 13.1. The van der Waals surface area contributed by atoms with Gasteiger partial charge in [-0.15, -0.1) is 0 Å². The van der Waals surface area contributed by atoms with E-state index in [2.05, 4.69) is 5.32 Å². The molecule has 172 valence electrons. The molecule has 33 heavy (non-hydrogen) atoms. The number of sulfonamides is 1. The number of para-hydroxylation sites is 2. The molecule has 4 rings (SSSR count). The highest BCUT2D eigenvalue weighted by atomic mass is 32.2. The molecular formula is C25H26N2O5S. The summed E-state index contributed by atoms with van der Waals surface area (Å²) in [6.45, 7) is 4.03. The number of amides is 1. The molecule has 1 unspecified atom stereocenters. The lowest BCUT2D eigenvalue weighted by Gasteiger charge is -2.34. The Bertz CT molecular complexity index is 1230. The van der Waals surface area contributed by atoms with Gasteiger partial charge in [0.2, 0.25) is 0 Å². The number of ether oxygens (including phenoxy) is 2. The summed E-state index contributed by atoms with van der Waals surface area (Å²) in [6, 6.07) is 22.4. The van der Waals surface area contributed by atoms with Gasteiger partial charge < -0.3 is 14.8 Å². The highest BCUT2D eigenvalue weighted by Gasteiger charge is 2.37. The van der Waals surface area contributed by atoms with Crippen LogP contribution in [0.5, 0.6) is 11.5 Å². The van der Waals surface area contributed by atoms with Gasteiger partial charge in [0, 0.05) is 6.54 Å². The van der Waals surface area contributed by atoms with Gasteiger partial charge in [0.15, 0.2) is 6.10 Å². The fraction of sp³-hybridized carbons (Fsp3) is 0.240. The zero-order chi connectivity index (χ0) is 23.4. The van der Waals surface area contributed by atoms with E-state index >= 15 is 0 Å². The number of hydrogen-bond donors (Lipinski definition) is 1. The third-order valence-electron chi connectivity index (χ3n) is 5.10. The van der Waals surface area contributed by atoms with Crippen LogP contribution >= 0.6 is 0 Å². The molecule has 1 aliphatic heterocycles. The molecule has 0 radical (unpaired) electrons. The monoisotopic (exact) mass is 466 g/mol. The van der Waals surface area contributed by atoms with Crippen molar-refractivity contribution in [3.05, 3.63) is 84.4 Å². The van der Waals surface area contributed by atoms with Crippen LogP contribution in [0.1, 0.15) is 19.4 Å². The van der Waals surface area contributed by atoms with Gasteiger partial charge in [0.25, 0.3) is 15.9 Å². The van der Waals surface area contributed by atoms with Crippen LogP contribution in [0.2, 0.25) is 0 Å². The Kier molecular flexibility index (Phi) is 6.55. The Labute approximate surface area is 194 Å². The summed E-state index contributed by atoms with van der Waals surface area (Å²) >= 11 is 0. The van der Waals surface area contributed by atoms with E-state index in [-0.39, 0.29) is 24.1 Å². The molecule has 0 aromatic heterocycles. The summed E-state index contributed by atoms with van der Waals surface area (Å²) in [7, 11) is -3.87. The van der Waals surface area contributed by atoms with Crippen molar-refractivity contribution in [2.45, 2.75) is 37.5 Å². The first-order chi connectivity index (χ1) is 15.8. The first kappa shape index (κ1) is 22.7. The number of nitrogens with one attached hydrogen (secondary N) is 1. The highest BCUT2D eigenvalue weighted by molar-refractivity contribution is 7.92. The van der Waals surface area contributed by atoms with E-state index in [1.54, 1.807) is 42.5 Å². The van der Waals surface area contributed by atoms with E-state index in [1.165, 1.54) is 16.4 Å². The van der Waals surface area contributed by atoms with Gasteiger partial charge in [-0.1, -0.05) is 42.5 Å². The molecule has 1 amide bonds. The Morgan fingerprint density at radius 1 is 1.06 bits per heavy atom. The maximum Gasteiger partial charge on any atom is 0.264 e. The van der Waals surface area contributed by atoms with Crippen LogP contribution in [0, 0.1) is 0 Å². The molecule has 8 heteroatoms. The van der Waals surface area contributed by atoms with E-state index in [0.717, 1.165) is 11.3 Å². The number of hydrogen-bond acceptors (Lipinski definition) is 5. The lowest BCUT2D eigenvalue weighted by atomic mass is 10.2. The number of nitrogens with zero attached hydrogens (tertiary/aromatic N) is 1. The highest BCUT2D eigenvalue weighted by Crippen LogP contribution is 2.36. The van der Waals surface area contributed by atoms with Crippen LogP contribution in [0.15, 0.2) is 83.8 Å². The van der Waals surface area contributed by atoms with Crippen molar-refractivity contribution in [1.29, 1.82) is 0 Å². The van der Waals surface area contributed by atoms with Gasteiger partial charge >= 0.3 is 0 Å². The molecule has 7 nitrogen and oxygen atoms in total.